The van der Waals surface area contributed by atoms with Crippen LogP contribution in [0.3, 0.4) is 0 Å². The number of aliphatic hydroxyl groups is 1. The number of benzene rings is 3. The number of hydrogen-bond donors (Lipinski definition) is 1. The number of aliphatic hydroxyl groups excluding tert-OH is 1. The van der Waals surface area contributed by atoms with Gasteiger partial charge in [0, 0.05) is 15.6 Å². The summed E-state index contributed by atoms with van der Waals surface area (Å²) in [6, 6.07) is 18.2. The van der Waals surface area contributed by atoms with Gasteiger partial charge in [0.05, 0.1) is 21.8 Å². The van der Waals surface area contributed by atoms with Crippen LogP contribution in [0.25, 0.3) is 16.0 Å². The molecule has 1 atom stereocenters. The molecule has 1 N–H and O–H groups in total. The van der Waals surface area contributed by atoms with Gasteiger partial charge in [0.25, 0.3) is 5.78 Å². The molecule has 1 aromatic heterocycles. The summed E-state index contributed by atoms with van der Waals surface area (Å²) in [5.74, 6) is -1.83. The Morgan fingerprint density at radius 2 is 1.76 bits per heavy atom. The van der Waals surface area contributed by atoms with E-state index in [0.29, 0.717) is 26.3 Å². The molecule has 8 heteroatoms. The van der Waals surface area contributed by atoms with Crippen LogP contribution in [0.5, 0.6) is 0 Å². The molecular weight excluding hydrogens is 479 g/mol. The Morgan fingerprint density at radius 3 is 2.48 bits per heavy atom. The van der Waals surface area contributed by atoms with Crippen molar-refractivity contribution < 1.29 is 14.7 Å². The number of carbonyl (C=O) groups excluding carboxylic acids is 2. The maximum Gasteiger partial charge on any atom is 0.301 e. The molecule has 1 unspecified atom stereocenters. The molecule has 33 heavy (non-hydrogen) atoms. The second-order valence-corrected chi connectivity index (χ2v) is 9.58. The number of fused-ring (bicyclic) bond motifs is 1. The Hall–Kier alpha value is -3.19. The molecule has 1 aliphatic rings. The van der Waals surface area contributed by atoms with E-state index in [0.717, 1.165) is 15.8 Å². The normalized spacial score (nSPS) is 17.8. The van der Waals surface area contributed by atoms with E-state index in [1.54, 1.807) is 48.5 Å². The highest BCUT2D eigenvalue weighted by Gasteiger charge is 2.48. The molecule has 5 nitrogen and oxygen atoms in total. The zero-order valence-electron chi connectivity index (χ0n) is 17.3. The quantitative estimate of drug-likeness (QED) is 0.199. The average Bonchev–Trinajstić information content (AvgIpc) is 3.32. The summed E-state index contributed by atoms with van der Waals surface area (Å²) in [7, 11) is 0. The first kappa shape index (κ1) is 21.6. The van der Waals surface area contributed by atoms with E-state index >= 15 is 0 Å². The molecule has 1 saturated heterocycles. The fourth-order valence-corrected chi connectivity index (χ4v) is 5.32. The van der Waals surface area contributed by atoms with Gasteiger partial charge in [0.1, 0.15) is 5.76 Å². The Kier molecular flexibility index (Phi) is 5.44. The number of amides is 1. The second-order valence-electron chi connectivity index (χ2n) is 7.70. The number of carbonyl (C=O) groups is 2. The van der Waals surface area contributed by atoms with Gasteiger partial charge in [-0.3, -0.25) is 14.5 Å². The predicted molar refractivity (Wildman–Crippen MR) is 132 cm³/mol. The number of thiazole rings is 1. The van der Waals surface area contributed by atoms with Crippen LogP contribution in [0, 0.1) is 6.92 Å². The van der Waals surface area contributed by atoms with Crippen molar-refractivity contribution in [2.75, 3.05) is 4.90 Å². The molecule has 3 aromatic carbocycles. The maximum atomic E-state index is 13.3. The van der Waals surface area contributed by atoms with Crippen LogP contribution >= 0.6 is 34.5 Å². The van der Waals surface area contributed by atoms with Gasteiger partial charge in [-0.1, -0.05) is 52.7 Å². The third kappa shape index (κ3) is 3.80. The van der Waals surface area contributed by atoms with E-state index in [4.69, 9.17) is 23.2 Å². The fourth-order valence-electron chi connectivity index (χ4n) is 3.91. The first-order valence-corrected chi connectivity index (χ1v) is 11.6. The maximum absolute atomic E-state index is 13.3. The first-order chi connectivity index (χ1) is 15.8. The van der Waals surface area contributed by atoms with Gasteiger partial charge in [0.2, 0.25) is 0 Å². The summed E-state index contributed by atoms with van der Waals surface area (Å²) in [6.45, 7) is 1.98. The molecule has 1 aliphatic heterocycles. The van der Waals surface area contributed by atoms with Gasteiger partial charge in [-0.15, -0.1) is 0 Å². The van der Waals surface area contributed by atoms with E-state index in [2.05, 4.69) is 4.98 Å². The molecular formula is C25H16Cl2N2O3S. The second kappa shape index (κ2) is 8.30. The summed E-state index contributed by atoms with van der Waals surface area (Å²) >= 11 is 13.5. The number of nitrogens with zero attached hydrogens (tertiary/aromatic N) is 2. The van der Waals surface area contributed by atoms with Crippen LogP contribution in [0.15, 0.2) is 72.3 Å². The fraction of sp³-hybridized carbons (Fsp3) is 0.0800. The number of ketones is 1. The van der Waals surface area contributed by atoms with E-state index in [9.17, 15) is 14.7 Å². The molecule has 0 aliphatic carbocycles. The molecule has 1 amide bonds. The zero-order valence-corrected chi connectivity index (χ0v) is 19.6. The minimum atomic E-state index is -0.888. The zero-order chi connectivity index (χ0) is 23.3. The highest BCUT2D eigenvalue weighted by atomic mass is 35.5. The summed E-state index contributed by atoms with van der Waals surface area (Å²) in [5.41, 5.74) is 2.73. The molecule has 5 rings (SSSR count). The summed E-state index contributed by atoms with van der Waals surface area (Å²) in [5, 5.41) is 12.4. The van der Waals surface area contributed by atoms with Crippen LogP contribution in [0.4, 0.5) is 5.13 Å². The number of anilines is 1. The molecule has 1 fully saturated rings. The number of halogens is 2. The lowest BCUT2D eigenvalue weighted by Gasteiger charge is -2.23. The third-order valence-electron chi connectivity index (χ3n) is 5.47. The van der Waals surface area contributed by atoms with Crippen molar-refractivity contribution in [2.24, 2.45) is 0 Å². The molecule has 0 bridgehead atoms. The van der Waals surface area contributed by atoms with Crippen LogP contribution in [-0.2, 0) is 9.59 Å². The minimum Gasteiger partial charge on any atom is -0.507 e. The molecule has 4 aromatic rings. The number of hydrogen-bond acceptors (Lipinski definition) is 5. The van der Waals surface area contributed by atoms with Crippen LogP contribution < -0.4 is 4.90 Å². The van der Waals surface area contributed by atoms with Gasteiger partial charge in [-0.05, 0) is 66.6 Å². The highest BCUT2D eigenvalue weighted by molar-refractivity contribution is 7.22. The summed E-state index contributed by atoms with van der Waals surface area (Å²) in [6.07, 6.45) is 0. The largest absolute Gasteiger partial charge is 0.507 e. The van der Waals surface area contributed by atoms with Crippen molar-refractivity contribution in [2.45, 2.75) is 13.0 Å². The van der Waals surface area contributed by atoms with Gasteiger partial charge >= 0.3 is 5.91 Å². The molecule has 2 heterocycles. The lowest BCUT2D eigenvalue weighted by Crippen LogP contribution is -2.29. The summed E-state index contributed by atoms with van der Waals surface area (Å²) < 4.78 is 0.898. The highest BCUT2D eigenvalue weighted by Crippen LogP contribution is 2.44. The topological polar surface area (TPSA) is 70.5 Å². The summed E-state index contributed by atoms with van der Waals surface area (Å²) in [4.78, 5) is 32.4. The molecule has 0 radical (unpaired) electrons. The van der Waals surface area contributed by atoms with Crippen molar-refractivity contribution in [1.29, 1.82) is 0 Å². The van der Waals surface area contributed by atoms with Crippen molar-refractivity contribution >= 4 is 67.3 Å². The number of aryl methyl sites for hydroxylation is 1. The van der Waals surface area contributed by atoms with Gasteiger partial charge in [0.15, 0.2) is 5.13 Å². The third-order valence-corrected chi connectivity index (χ3v) is 6.97. The van der Waals surface area contributed by atoms with Crippen LogP contribution in [-0.4, -0.2) is 21.8 Å². The van der Waals surface area contributed by atoms with E-state index in [1.165, 1.54) is 16.2 Å². The Balaban J connectivity index is 1.74. The Bertz CT molecular complexity index is 1460. The van der Waals surface area contributed by atoms with E-state index in [1.807, 2.05) is 25.1 Å². The molecule has 0 saturated carbocycles. The predicted octanol–water partition coefficient (Wildman–Crippen LogP) is 6.54. The lowest BCUT2D eigenvalue weighted by atomic mass is 9.95. The molecule has 164 valence electrons. The smallest absolute Gasteiger partial charge is 0.301 e. The average molecular weight is 495 g/mol. The number of Topliss-reactive ketones (excluding diaryl/α,β-unsaturated/α-hetero) is 1. The molecule has 0 spiro atoms. The van der Waals surface area contributed by atoms with Gasteiger partial charge in [-0.25, -0.2) is 4.98 Å². The first-order valence-electron chi connectivity index (χ1n) is 10.0. The van der Waals surface area contributed by atoms with E-state index in [-0.39, 0.29) is 11.3 Å². The monoisotopic (exact) mass is 494 g/mol. The van der Waals surface area contributed by atoms with Gasteiger partial charge < -0.3 is 5.11 Å². The lowest BCUT2D eigenvalue weighted by molar-refractivity contribution is -0.132. The SMILES string of the molecule is Cc1ccc2nc(N3C(=O)C(=O)C(=C(O)c4ccc(Cl)cc4)C3c3cccc(Cl)c3)sc2c1. The van der Waals surface area contributed by atoms with Crippen LogP contribution in [0.2, 0.25) is 10.0 Å². The van der Waals surface area contributed by atoms with Gasteiger partial charge in [-0.2, -0.15) is 0 Å². The standard InChI is InChI=1S/C25H16Cl2N2O3S/c1-13-5-10-18-19(11-13)33-25(28-18)29-21(15-3-2-4-17(27)12-15)20(23(31)24(29)32)22(30)14-6-8-16(26)9-7-14/h2-12,21,30H,1H3. The van der Waals surface area contributed by atoms with Crippen LogP contribution in [0.1, 0.15) is 22.7 Å². The number of aromatic nitrogens is 1. The minimum absolute atomic E-state index is 0.0278. The van der Waals surface area contributed by atoms with E-state index < -0.39 is 17.7 Å². The van der Waals surface area contributed by atoms with Crippen molar-refractivity contribution in [3.8, 4) is 0 Å². The van der Waals surface area contributed by atoms with Crippen molar-refractivity contribution in [3.05, 3.63) is 99.0 Å². The number of rotatable bonds is 3. The Labute approximate surface area is 203 Å². The van der Waals surface area contributed by atoms with Crippen molar-refractivity contribution in [1.82, 2.24) is 4.98 Å². The Morgan fingerprint density at radius 1 is 1.00 bits per heavy atom. The van der Waals surface area contributed by atoms with Crippen molar-refractivity contribution in [3.63, 3.8) is 0 Å².